The van der Waals surface area contributed by atoms with Crippen molar-refractivity contribution in [3.8, 4) is 0 Å². The Morgan fingerprint density at radius 2 is 2.23 bits per heavy atom. The second kappa shape index (κ2) is 5.78. The molecule has 3 unspecified atom stereocenters. The maximum absolute atomic E-state index is 13.8. The summed E-state index contributed by atoms with van der Waals surface area (Å²) in [5.74, 6) is -0.758. The van der Waals surface area contributed by atoms with Gasteiger partial charge in [0.25, 0.3) is 5.91 Å². The summed E-state index contributed by atoms with van der Waals surface area (Å²) in [6, 6.07) is 4.32. The van der Waals surface area contributed by atoms with Crippen LogP contribution in [0.5, 0.6) is 0 Å². The third kappa shape index (κ3) is 2.33. The van der Waals surface area contributed by atoms with Crippen molar-refractivity contribution in [3.63, 3.8) is 0 Å². The van der Waals surface area contributed by atoms with Gasteiger partial charge < -0.3 is 21.3 Å². The number of aryl methyl sites for hydroxylation is 1. The van der Waals surface area contributed by atoms with Crippen LogP contribution in [0.1, 0.15) is 47.5 Å². The molecule has 5 N–H and O–H groups in total. The molecule has 26 heavy (non-hydrogen) atoms. The number of carbonyl (C=O) groups excluding carboxylic acids is 1. The lowest BCUT2D eigenvalue weighted by atomic mass is 9.75. The Balaban J connectivity index is 1.81. The van der Waals surface area contributed by atoms with Gasteiger partial charge in [0.05, 0.1) is 17.2 Å². The van der Waals surface area contributed by atoms with E-state index < -0.39 is 23.4 Å². The Kier molecular flexibility index (Phi) is 3.78. The largest absolute Gasteiger partial charge is 0.390 e. The Morgan fingerprint density at radius 3 is 3.00 bits per heavy atom. The van der Waals surface area contributed by atoms with Crippen molar-refractivity contribution < 1.29 is 19.4 Å². The molecule has 138 valence electrons. The second-order valence-electron chi connectivity index (χ2n) is 7.21. The van der Waals surface area contributed by atoms with E-state index >= 15 is 0 Å². The summed E-state index contributed by atoms with van der Waals surface area (Å²) >= 11 is 0. The van der Waals surface area contributed by atoms with Crippen molar-refractivity contribution in [1.82, 2.24) is 9.78 Å². The molecule has 0 saturated carbocycles. The molecule has 0 spiro atoms. The molecule has 0 saturated heterocycles. The Morgan fingerprint density at radius 1 is 1.46 bits per heavy atom. The molecule has 1 aromatic heterocycles. The van der Waals surface area contributed by atoms with Crippen molar-refractivity contribution in [1.29, 1.82) is 0 Å². The van der Waals surface area contributed by atoms with Gasteiger partial charge in [0, 0.05) is 17.8 Å². The molecule has 1 aliphatic carbocycles. The molecule has 4 rings (SSSR count). The summed E-state index contributed by atoms with van der Waals surface area (Å²) in [4.78, 5) is 13.3. The van der Waals surface area contributed by atoms with Crippen LogP contribution in [-0.2, 0) is 11.8 Å². The van der Waals surface area contributed by atoms with E-state index in [1.54, 1.807) is 13.0 Å². The first-order chi connectivity index (χ1) is 12.3. The number of benzene rings is 1. The molecule has 2 heterocycles. The van der Waals surface area contributed by atoms with Crippen LogP contribution in [0.2, 0.25) is 0 Å². The fourth-order valence-electron chi connectivity index (χ4n) is 3.95. The van der Waals surface area contributed by atoms with E-state index in [9.17, 15) is 19.4 Å². The number of aliphatic hydroxyl groups excluding tert-OH is 2. The normalized spacial score (nSPS) is 27.4. The number of aromatic nitrogens is 2. The second-order valence-corrected chi connectivity index (χ2v) is 7.21. The molecule has 8 heteroatoms. The Bertz CT molecular complexity index is 897. The lowest BCUT2D eigenvalue weighted by Crippen LogP contribution is -2.42. The predicted octanol–water partition coefficient (Wildman–Crippen LogP) is 1.36. The van der Waals surface area contributed by atoms with E-state index in [1.165, 1.54) is 12.1 Å². The number of aliphatic hydroxyl groups is 2. The fraction of sp³-hybridized carbons (Fsp3) is 0.444. The van der Waals surface area contributed by atoms with Gasteiger partial charge in [-0.05, 0) is 49.9 Å². The highest BCUT2D eigenvalue weighted by Gasteiger charge is 2.43. The van der Waals surface area contributed by atoms with Crippen molar-refractivity contribution in [2.45, 2.75) is 43.8 Å². The highest BCUT2D eigenvalue weighted by molar-refractivity contribution is 5.94. The first kappa shape index (κ1) is 17.0. The summed E-state index contributed by atoms with van der Waals surface area (Å²) in [7, 11) is 0. The Labute approximate surface area is 149 Å². The SMILES string of the molecule is CC1(C(=O)n2nc3c(c2N)C(O)C(O)CC3)CCNc2ccc(F)cc21. The first-order valence-corrected chi connectivity index (χ1v) is 8.65. The molecule has 1 aliphatic heterocycles. The average molecular weight is 360 g/mol. The summed E-state index contributed by atoms with van der Waals surface area (Å²) in [6.45, 7) is 2.31. The molecular formula is C18H21FN4O3. The molecule has 2 aromatic rings. The van der Waals surface area contributed by atoms with E-state index in [0.717, 1.165) is 4.68 Å². The number of rotatable bonds is 1. The minimum absolute atomic E-state index is 0.0361. The molecule has 0 amide bonds. The standard InChI is InChI=1S/C18H21FN4O3/c1-18(6-7-21-11-3-2-9(19)8-10(11)18)17(26)23-16(20)14-12(22-23)4-5-13(24)15(14)25/h2-3,8,13,15,21,24-25H,4-7,20H2,1H3. The minimum atomic E-state index is -1.16. The number of fused-ring (bicyclic) bond motifs is 2. The third-order valence-corrected chi connectivity index (χ3v) is 5.55. The van der Waals surface area contributed by atoms with E-state index in [4.69, 9.17) is 5.73 Å². The van der Waals surface area contributed by atoms with Crippen LogP contribution in [0.25, 0.3) is 0 Å². The maximum atomic E-state index is 13.8. The van der Waals surface area contributed by atoms with Crippen LogP contribution in [-0.4, -0.2) is 38.5 Å². The first-order valence-electron chi connectivity index (χ1n) is 8.65. The molecule has 3 atom stereocenters. The molecule has 0 fully saturated rings. The number of halogens is 1. The van der Waals surface area contributed by atoms with Crippen LogP contribution >= 0.6 is 0 Å². The van der Waals surface area contributed by atoms with Gasteiger partial charge in [-0.15, -0.1) is 0 Å². The van der Waals surface area contributed by atoms with Crippen molar-refractivity contribution in [2.24, 2.45) is 0 Å². The maximum Gasteiger partial charge on any atom is 0.259 e. The number of nitrogens with one attached hydrogen (secondary N) is 1. The highest BCUT2D eigenvalue weighted by atomic mass is 19.1. The lowest BCUT2D eigenvalue weighted by Gasteiger charge is -2.35. The average Bonchev–Trinajstić information content (AvgIpc) is 2.95. The smallest absolute Gasteiger partial charge is 0.259 e. The van der Waals surface area contributed by atoms with Crippen LogP contribution in [0.3, 0.4) is 0 Å². The van der Waals surface area contributed by atoms with Crippen LogP contribution < -0.4 is 11.1 Å². The molecule has 1 aromatic carbocycles. The van der Waals surface area contributed by atoms with Gasteiger partial charge in [-0.3, -0.25) is 4.79 Å². The van der Waals surface area contributed by atoms with Crippen LogP contribution in [0, 0.1) is 5.82 Å². The predicted molar refractivity (Wildman–Crippen MR) is 93.4 cm³/mol. The van der Waals surface area contributed by atoms with E-state index in [2.05, 4.69) is 10.4 Å². The summed E-state index contributed by atoms with van der Waals surface area (Å²) in [5.41, 5.74) is 7.21. The molecular weight excluding hydrogens is 339 g/mol. The van der Waals surface area contributed by atoms with Crippen molar-refractivity contribution in [3.05, 3.63) is 40.8 Å². The van der Waals surface area contributed by atoms with E-state index in [-0.39, 0.29) is 11.7 Å². The number of hydrogen-bond donors (Lipinski definition) is 4. The number of carbonyl (C=O) groups is 1. The quantitative estimate of drug-likeness (QED) is 0.611. The molecule has 2 aliphatic rings. The lowest BCUT2D eigenvalue weighted by molar-refractivity contribution is 0.00678. The van der Waals surface area contributed by atoms with Gasteiger partial charge in [0.1, 0.15) is 17.7 Å². The summed E-state index contributed by atoms with van der Waals surface area (Å²) < 4.78 is 14.9. The van der Waals surface area contributed by atoms with E-state index in [1.807, 2.05) is 0 Å². The van der Waals surface area contributed by atoms with E-state index in [0.29, 0.717) is 48.3 Å². The zero-order chi connectivity index (χ0) is 18.6. The van der Waals surface area contributed by atoms with Gasteiger partial charge in [-0.2, -0.15) is 9.78 Å². The number of nitrogens with two attached hydrogens (primary N) is 1. The van der Waals surface area contributed by atoms with Gasteiger partial charge in [-0.25, -0.2) is 4.39 Å². The fourth-order valence-corrected chi connectivity index (χ4v) is 3.95. The van der Waals surface area contributed by atoms with Gasteiger partial charge in [0.15, 0.2) is 0 Å². The summed E-state index contributed by atoms with van der Waals surface area (Å²) in [6.07, 6.45) is -0.847. The summed E-state index contributed by atoms with van der Waals surface area (Å²) in [5, 5.41) is 27.6. The third-order valence-electron chi connectivity index (χ3n) is 5.55. The number of hydrogen-bond acceptors (Lipinski definition) is 6. The van der Waals surface area contributed by atoms with Crippen LogP contribution in [0.4, 0.5) is 15.9 Å². The monoisotopic (exact) mass is 360 g/mol. The van der Waals surface area contributed by atoms with Crippen LogP contribution in [0.15, 0.2) is 18.2 Å². The minimum Gasteiger partial charge on any atom is -0.390 e. The van der Waals surface area contributed by atoms with Crippen molar-refractivity contribution in [2.75, 3.05) is 17.6 Å². The van der Waals surface area contributed by atoms with Gasteiger partial charge in [0.2, 0.25) is 0 Å². The number of anilines is 2. The molecule has 7 nitrogen and oxygen atoms in total. The van der Waals surface area contributed by atoms with Gasteiger partial charge >= 0.3 is 0 Å². The Hall–Kier alpha value is -2.45. The highest BCUT2D eigenvalue weighted by Crippen LogP contribution is 2.40. The van der Waals surface area contributed by atoms with Crippen molar-refractivity contribution >= 4 is 17.4 Å². The number of nitrogen functional groups attached to an aromatic ring is 1. The molecule has 0 bridgehead atoms. The van der Waals surface area contributed by atoms with Gasteiger partial charge in [-0.1, -0.05) is 0 Å². The zero-order valence-corrected chi connectivity index (χ0v) is 14.4. The zero-order valence-electron chi connectivity index (χ0n) is 14.4. The topological polar surface area (TPSA) is 113 Å². The number of nitrogens with zero attached hydrogens (tertiary/aromatic N) is 2. The molecule has 0 radical (unpaired) electrons.